The summed E-state index contributed by atoms with van der Waals surface area (Å²) in [5.41, 5.74) is 2.22. The maximum Gasteiger partial charge on any atom is 0.180 e. The molecular weight excluding hydrogens is 403 g/mol. The van der Waals surface area contributed by atoms with Crippen LogP contribution in [0.3, 0.4) is 0 Å². The van der Waals surface area contributed by atoms with Crippen molar-refractivity contribution in [2.45, 2.75) is 4.90 Å². The largest absolute Gasteiger partial charge is 0.497 e. The van der Waals surface area contributed by atoms with Gasteiger partial charge in [0, 0.05) is 28.8 Å². The molecule has 0 unspecified atom stereocenters. The molecule has 0 aliphatic rings. The number of hydrogen-bond donors (Lipinski definition) is 2. The van der Waals surface area contributed by atoms with Gasteiger partial charge in [0.2, 0.25) is 0 Å². The van der Waals surface area contributed by atoms with Gasteiger partial charge in [-0.15, -0.1) is 0 Å². The summed E-state index contributed by atoms with van der Waals surface area (Å²) in [7, 11) is 3.19. The van der Waals surface area contributed by atoms with Crippen molar-refractivity contribution in [2.75, 3.05) is 24.3 Å². The Morgan fingerprint density at radius 1 is 0.800 bits per heavy atom. The molecule has 1 aromatic heterocycles. The summed E-state index contributed by atoms with van der Waals surface area (Å²) in [5.74, 6) is 2.04. The Kier molecular flexibility index (Phi) is 5.85. The number of aromatic nitrogens is 2. The Morgan fingerprint density at radius 3 is 2.10 bits per heavy atom. The maximum atomic E-state index is 13.5. The standard InChI is InChI=1S/C22H19FN4O2S/c1-28-16-11-15(12-17(13-16)29-2)24-21-22(26-20-9-4-3-8-19(20)25-21)27-30-18-7-5-6-14(23)10-18/h3-13H,1-2H3,(H,24,25)(H,26,27). The van der Waals surface area contributed by atoms with E-state index in [4.69, 9.17) is 14.5 Å². The third kappa shape index (κ3) is 4.55. The van der Waals surface area contributed by atoms with Gasteiger partial charge in [-0.25, -0.2) is 14.4 Å². The van der Waals surface area contributed by atoms with Crippen molar-refractivity contribution < 1.29 is 13.9 Å². The van der Waals surface area contributed by atoms with Crippen LogP contribution in [0.25, 0.3) is 11.0 Å². The maximum absolute atomic E-state index is 13.5. The van der Waals surface area contributed by atoms with Gasteiger partial charge < -0.3 is 19.5 Å². The minimum atomic E-state index is -0.298. The molecule has 0 radical (unpaired) electrons. The van der Waals surface area contributed by atoms with E-state index in [2.05, 4.69) is 15.0 Å². The second-order valence-corrected chi connectivity index (χ2v) is 7.18. The summed E-state index contributed by atoms with van der Waals surface area (Å²) < 4.78 is 27.4. The number of nitrogens with zero attached hydrogens (tertiary/aromatic N) is 2. The summed E-state index contributed by atoms with van der Waals surface area (Å²) in [6.45, 7) is 0. The molecule has 152 valence electrons. The first kappa shape index (κ1) is 19.8. The number of nitrogens with one attached hydrogen (secondary N) is 2. The van der Waals surface area contributed by atoms with Crippen LogP contribution in [-0.2, 0) is 0 Å². The van der Waals surface area contributed by atoms with Crippen molar-refractivity contribution in [1.29, 1.82) is 0 Å². The van der Waals surface area contributed by atoms with Crippen LogP contribution in [0.2, 0.25) is 0 Å². The zero-order chi connectivity index (χ0) is 20.9. The molecule has 2 N–H and O–H groups in total. The number of anilines is 3. The molecule has 4 rings (SSSR count). The predicted octanol–water partition coefficient (Wildman–Crippen LogP) is 5.65. The summed E-state index contributed by atoms with van der Waals surface area (Å²) in [6.07, 6.45) is 0. The van der Waals surface area contributed by atoms with Gasteiger partial charge in [-0.3, -0.25) is 0 Å². The van der Waals surface area contributed by atoms with Crippen molar-refractivity contribution in [3.05, 3.63) is 72.5 Å². The van der Waals surface area contributed by atoms with E-state index < -0.39 is 0 Å². The van der Waals surface area contributed by atoms with Gasteiger partial charge in [0.05, 0.1) is 25.3 Å². The Balaban J connectivity index is 1.69. The minimum Gasteiger partial charge on any atom is -0.497 e. The smallest absolute Gasteiger partial charge is 0.180 e. The number of ether oxygens (including phenoxy) is 2. The molecule has 6 nitrogen and oxygen atoms in total. The first-order valence-electron chi connectivity index (χ1n) is 9.10. The fourth-order valence-electron chi connectivity index (χ4n) is 2.81. The molecule has 4 aromatic rings. The second-order valence-electron chi connectivity index (χ2n) is 6.30. The van der Waals surface area contributed by atoms with Crippen LogP contribution >= 0.6 is 11.9 Å². The van der Waals surface area contributed by atoms with E-state index in [0.717, 1.165) is 21.6 Å². The molecular formula is C22H19FN4O2S. The lowest BCUT2D eigenvalue weighted by atomic mass is 10.2. The molecule has 3 aromatic carbocycles. The van der Waals surface area contributed by atoms with Gasteiger partial charge in [-0.05, 0) is 42.3 Å². The third-order valence-corrected chi connectivity index (χ3v) is 5.03. The summed E-state index contributed by atoms with van der Waals surface area (Å²) in [4.78, 5) is 10.1. The zero-order valence-electron chi connectivity index (χ0n) is 16.3. The van der Waals surface area contributed by atoms with Crippen LogP contribution in [0.15, 0.2) is 71.6 Å². The highest BCUT2D eigenvalue weighted by Gasteiger charge is 2.12. The molecule has 0 saturated carbocycles. The summed E-state index contributed by atoms with van der Waals surface area (Å²) >= 11 is 1.25. The topological polar surface area (TPSA) is 68.3 Å². The normalized spacial score (nSPS) is 10.6. The molecule has 0 spiro atoms. The van der Waals surface area contributed by atoms with Gasteiger partial charge in [-0.1, -0.05) is 18.2 Å². The van der Waals surface area contributed by atoms with Gasteiger partial charge in [-0.2, -0.15) is 0 Å². The van der Waals surface area contributed by atoms with Crippen LogP contribution in [0.5, 0.6) is 11.5 Å². The first-order chi connectivity index (χ1) is 14.6. The molecule has 0 fully saturated rings. The van der Waals surface area contributed by atoms with Crippen LogP contribution in [0, 0.1) is 5.82 Å². The molecule has 0 atom stereocenters. The van der Waals surface area contributed by atoms with Crippen LogP contribution < -0.4 is 19.5 Å². The second kappa shape index (κ2) is 8.87. The lowest BCUT2D eigenvalue weighted by Gasteiger charge is -2.14. The number of rotatable bonds is 7. The predicted molar refractivity (Wildman–Crippen MR) is 118 cm³/mol. The van der Waals surface area contributed by atoms with E-state index in [0.29, 0.717) is 23.1 Å². The van der Waals surface area contributed by atoms with Gasteiger partial charge in [0.15, 0.2) is 11.6 Å². The SMILES string of the molecule is COc1cc(Nc2nc3ccccc3nc2NSc2cccc(F)c2)cc(OC)c1. The van der Waals surface area contributed by atoms with Gasteiger partial charge >= 0.3 is 0 Å². The Labute approximate surface area is 177 Å². The highest BCUT2D eigenvalue weighted by atomic mass is 32.2. The first-order valence-corrected chi connectivity index (χ1v) is 9.91. The fourth-order valence-corrected chi connectivity index (χ4v) is 3.49. The van der Waals surface area contributed by atoms with Crippen molar-refractivity contribution in [2.24, 2.45) is 0 Å². The number of benzene rings is 3. The monoisotopic (exact) mass is 422 g/mol. The third-order valence-electron chi connectivity index (χ3n) is 4.25. The Morgan fingerprint density at radius 2 is 1.47 bits per heavy atom. The van der Waals surface area contributed by atoms with Crippen LogP contribution in [-0.4, -0.2) is 24.2 Å². The summed E-state index contributed by atoms with van der Waals surface area (Å²) in [6, 6.07) is 19.4. The molecule has 1 heterocycles. The molecule has 0 amide bonds. The quantitative estimate of drug-likeness (QED) is 0.373. The van der Waals surface area contributed by atoms with E-state index in [1.165, 1.54) is 24.1 Å². The number of halogens is 1. The number of hydrogen-bond acceptors (Lipinski definition) is 7. The van der Waals surface area contributed by atoms with E-state index >= 15 is 0 Å². The molecule has 0 saturated heterocycles. The lowest BCUT2D eigenvalue weighted by Crippen LogP contribution is -2.02. The minimum absolute atomic E-state index is 0.298. The van der Waals surface area contributed by atoms with Crippen molar-refractivity contribution in [3.8, 4) is 11.5 Å². The van der Waals surface area contributed by atoms with Gasteiger partial charge in [0.1, 0.15) is 17.3 Å². The van der Waals surface area contributed by atoms with E-state index in [9.17, 15) is 4.39 Å². The average molecular weight is 422 g/mol. The highest BCUT2D eigenvalue weighted by Crippen LogP contribution is 2.32. The molecule has 0 bridgehead atoms. The Hall–Kier alpha value is -3.52. The molecule has 30 heavy (non-hydrogen) atoms. The van der Waals surface area contributed by atoms with E-state index in [-0.39, 0.29) is 5.82 Å². The molecule has 0 aliphatic carbocycles. The number of methoxy groups -OCH3 is 2. The number of fused-ring (bicyclic) bond motifs is 1. The fraction of sp³-hybridized carbons (Fsp3) is 0.0909. The average Bonchev–Trinajstić information content (AvgIpc) is 2.77. The highest BCUT2D eigenvalue weighted by molar-refractivity contribution is 8.00. The Bertz CT molecular complexity index is 1170. The van der Waals surface area contributed by atoms with Crippen molar-refractivity contribution >= 4 is 40.3 Å². The molecule has 0 aliphatic heterocycles. The van der Waals surface area contributed by atoms with Gasteiger partial charge in [0.25, 0.3) is 0 Å². The summed E-state index contributed by atoms with van der Waals surface area (Å²) in [5, 5.41) is 3.28. The van der Waals surface area contributed by atoms with Crippen molar-refractivity contribution in [1.82, 2.24) is 9.97 Å². The van der Waals surface area contributed by atoms with E-state index in [1.807, 2.05) is 42.5 Å². The van der Waals surface area contributed by atoms with E-state index in [1.54, 1.807) is 26.4 Å². The van der Waals surface area contributed by atoms with Crippen molar-refractivity contribution in [3.63, 3.8) is 0 Å². The number of para-hydroxylation sites is 2. The lowest BCUT2D eigenvalue weighted by molar-refractivity contribution is 0.395. The zero-order valence-corrected chi connectivity index (χ0v) is 17.2. The molecule has 8 heteroatoms. The van der Waals surface area contributed by atoms with Crippen LogP contribution in [0.4, 0.5) is 21.7 Å². The van der Waals surface area contributed by atoms with Crippen LogP contribution in [0.1, 0.15) is 0 Å².